The minimum Gasteiger partial charge on any atom is -0.493 e. The number of hydrogen-bond acceptors (Lipinski definition) is 2. The molecule has 2 nitrogen and oxygen atoms in total. The normalized spacial score (nSPS) is 11.8. The fourth-order valence-corrected chi connectivity index (χ4v) is 1.09. The quantitative estimate of drug-likeness (QED) is 0.582. The first-order valence-electron chi connectivity index (χ1n) is 4.58. The standard InChI is InChI=1S/C12H14O2/c1-3-4-8-14-12-7-5-6-11(9-12)10(2)13/h1,5-7,9-10,13H,4,8H2,2H3/t10-/m1/s1. The molecule has 0 aromatic heterocycles. The van der Waals surface area contributed by atoms with E-state index in [4.69, 9.17) is 11.2 Å². The summed E-state index contributed by atoms with van der Waals surface area (Å²) in [4.78, 5) is 0. The van der Waals surface area contributed by atoms with E-state index in [-0.39, 0.29) is 0 Å². The summed E-state index contributed by atoms with van der Waals surface area (Å²) >= 11 is 0. The molecule has 0 bridgehead atoms. The largest absolute Gasteiger partial charge is 0.493 e. The average molecular weight is 190 g/mol. The number of terminal acetylenes is 1. The average Bonchev–Trinajstić information content (AvgIpc) is 2.19. The van der Waals surface area contributed by atoms with Crippen molar-refractivity contribution >= 4 is 0 Å². The molecule has 0 spiro atoms. The van der Waals surface area contributed by atoms with Crippen molar-refractivity contribution in [2.24, 2.45) is 0 Å². The maximum Gasteiger partial charge on any atom is 0.119 e. The molecule has 14 heavy (non-hydrogen) atoms. The molecule has 0 saturated carbocycles. The molecule has 1 rings (SSSR count). The minimum absolute atomic E-state index is 0.466. The van der Waals surface area contributed by atoms with Crippen molar-refractivity contribution < 1.29 is 9.84 Å². The Bertz CT molecular complexity index is 323. The summed E-state index contributed by atoms with van der Waals surface area (Å²) in [5, 5.41) is 9.33. The highest BCUT2D eigenvalue weighted by molar-refractivity contribution is 5.29. The minimum atomic E-state index is -0.466. The predicted molar refractivity (Wildman–Crippen MR) is 56.0 cm³/mol. The van der Waals surface area contributed by atoms with E-state index in [0.717, 1.165) is 11.3 Å². The van der Waals surface area contributed by atoms with Crippen LogP contribution in [-0.4, -0.2) is 11.7 Å². The molecule has 2 heteroatoms. The van der Waals surface area contributed by atoms with E-state index < -0.39 is 6.10 Å². The highest BCUT2D eigenvalue weighted by atomic mass is 16.5. The number of ether oxygens (including phenoxy) is 1. The van der Waals surface area contributed by atoms with Crippen LogP contribution < -0.4 is 4.74 Å². The van der Waals surface area contributed by atoms with Crippen molar-refractivity contribution in [2.75, 3.05) is 6.61 Å². The van der Waals surface area contributed by atoms with Gasteiger partial charge in [-0.2, -0.15) is 0 Å². The lowest BCUT2D eigenvalue weighted by Gasteiger charge is -2.08. The summed E-state index contributed by atoms with van der Waals surface area (Å²) in [6.45, 7) is 2.24. The van der Waals surface area contributed by atoms with Crippen LogP contribution in [0.4, 0.5) is 0 Å². The van der Waals surface area contributed by atoms with Crippen molar-refractivity contribution in [3.63, 3.8) is 0 Å². The number of benzene rings is 1. The third kappa shape index (κ3) is 3.12. The maximum absolute atomic E-state index is 9.33. The van der Waals surface area contributed by atoms with Gasteiger partial charge in [0, 0.05) is 6.42 Å². The third-order valence-electron chi connectivity index (χ3n) is 1.86. The monoisotopic (exact) mass is 190 g/mol. The molecule has 1 aromatic rings. The summed E-state index contributed by atoms with van der Waals surface area (Å²) in [5.74, 6) is 3.25. The molecule has 1 atom stereocenters. The molecule has 0 radical (unpaired) electrons. The van der Waals surface area contributed by atoms with E-state index in [9.17, 15) is 5.11 Å². The smallest absolute Gasteiger partial charge is 0.119 e. The molecule has 0 aliphatic rings. The second-order valence-corrected chi connectivity index (χ2v) is 3.05. The zero-order valence-electron chi connectivity index (χ0n) is 8.23. The fraction of sp³-hybridized carbons (Fsp3) is 0.333. The molecule has 0 aliphatic heterocycles. The zero-order chi connectivity index (χ0) is 10.4. The van der Waals surface area contributed by atoms with Crippen molar-refractivity contribution in [3.8, 4) is 18.1 Å². The van der Waals surface area contributed by atoms with Gasteiger partial charge in [-0.1, -0.05) is 12.1 Å². The first-order valence-corrected chi connectivity index (χ1v) is 4.58. The molecule has 0 amide bonds. The Morgan fingerprint density at radius 3 is 3.00 bits per heavy atom. The topological polar surface area (TPSA) is 29.5 Å². The Morgan fingerprint density at radius 2 is 2.36 bits per heavy atom. The second-order valence-electron chi connectivity index (χ2n) is 3.05. The summed E-state index contributed by atoms with van der Waals surface area (Å²) in [6.07, 6.45) is 5.23. The van der Waals surface area contributed by atoms with Crippen LogP contribution in [0, 0.1) is 12.3 Å². The first kappa shape index (κ1) is 10.6. The van der Waals surface area contributed by atoms with Crippen molar-refractivity contribution in [3.05, 3.63) is 29.8 Å². The van der Waals surface area contributed by atoms with E-state index in [2.05, 4.69) is 5.92 Å². The molecule has 0 heterocycles. The molecule has 0 aliphatic carbocycles. The van der Waals surface area contributed by atoms with Gasteiger partial charge in [0.25, 0.3) is 0 Å². The second kappa shape index (κ2) is 5.31. The Morgan fingerprint density at radius 1 is 1.57 bits per heavy atom. The van der Waals surface area contributed by atoms with Crippen LogP contribution in [0.1, 0.15) is 25.0 Å². The molecule has 1 aromatic carbocycles. The SMILES string of the molecule is C#CCCOc1cccc([C@@H](C)O)c1. The van der Waals surface area contributed by atoms with Crippen LogP contribution >= 0.6 is 0 Å². The fourth-order valence-electron chi connectivity index (χ4n) is 1.09. The van der Waals surface area contributed by atoms with Gasteiger partial charge >= 0.3 is 0 Å². The van der Waals surface area contributed by atoms with Crippen LogP contribution in [0.25, 0.3) is 0 Å². The van der Waals surface area contributed by atoms with E-state index in [1.165, 1.54) is 0 Å². The van der Waals surface area contributed by atoms with Crippen molar-refractivity contribution in [2.45, 2.75) is 19.4 Å². The summed E-state index contributed by atoms with van der Waals surface area (Å²) in [7, 11) is 0. The Hall–Kier alpha value is -1.46. The lowest BCUT2D eigenvalue weighted by atomic mass is 10.1. The first-order chi connectivity index (χ1) is 6.74. The van der Waals surface area contributed by atoms with Crippen LogP contribution in [0.3, 0.4) is 0 Å². The third-order valence-corrected chi connectivity index (χ3v) is 1.86. The van der Waals surface area contributed by atoms with Gasteiger partial charge in [0.15, 0.2) is 0 Å². The summed E-state index contributed by atoms with van der Waals surface area (Å²) in [5.41, 5.74) is 0.850. The van der Waals surface area contributed by atoms with Gasteiger partial charge in [-0.15, -0.1) is 12.3 Å². The van der Waals surface area contributed by atoms with Crippen molar-refractivity contribution in [1.82, 2.24) is 0 Å². The maximum atomic E-state index is 9.33. The molecular weight excluding hydrogens is 176 g/mol. The van der Waals surface area contributed by atoms with E-state index in [0.29, 0.717) is 13.0 Å². The van der Waals surface area contributed by atoms with E-state index in [1.807, 2.05) is 24.3 Å². The molecule has 0 fully saturated rings. The van der Waals surface area contributed by atoms with Crippen LogP contribution in [-0.2, 0) is 0 Å². The molecule has 0 unspecified atom stereocenters. The van der Waals surface area contributed by atoms with Gasteiger partial charge in [-0.05, 0) is 24.6 Å². The summed E-state index contributed by atoms with van der Waals surface area (Å²) < 4.78 is 5.38. The number of rotatable bonds is 4. The van der Waals surface area contributed by atoms with E-state index >= 15 is 0 Å². The Labute approximate surface area is 84.5 Å². The number of hydrogen-bond donors (Lipinski definition) is 1. The Balaban J connectivity index is 2.60. The molecule has 1 N–H and O–H groups in total. The van der Waals surface area contributed by atoms with Crippen molar-refractivity contribution in [1.29, 1.82) is 0 Å². The number of aliphatic hydroxyl groups is 1. The lowest BCUT2D eigenvalue weighted by molar-refractivity contribution is 0.198. The zero-order valence-corrected chi connectivity index (χ0v) is 8.23. The van der Waals surface area contributed by atoms with Gasteiger partial charge in [-0.3, -0.25) is 0 Å². The number of aliphatic hydroxyl groups excluding tert-OH is 1. The molecule has 74 valence electrons. The van der Waals surface area contributed by atoms with Crippen LogP contribution in [0.5, 0.6) is 5.75 Å². The molecular formula is C12H14O2. The van der Waals surface area contributed by atoms with Crippen LogP contribution in [0.2, 0.25) is 0 Å². The van der Waals surface area contributed by atoms with Gasteiger partial charge in [0.1, 0.15) is 5.75 Å². The summed E-state index contributed by atoms with van der Waals surface area (Å²) in [6, 6.07) is 7.38. The highest BCUT2D eigenvalue weighted by Gasteiger charge is 2.01. The van der Waals surface area contributed by atoms with Gasteiger partial charge in [0.05, 0.1) is 12.7 Å². The highest BCUT2D eigenvalue weighted by Crippen LogP contribution is 2.18. The van der Waals surface area contributed by atoms with Gasteiger partial charge in [0.2, 0.25) is 0 Å². The Kier molecular flexibility index (Phi) is 4.03. The predicted octanol–water partition coefficient (Wildman–Crippen LogP) is 2.14. The van der Waals surface area contributed by atoms with Crippen LogP contribution in [0.15, 0.2) is 24.3 Å². The lowest BCUT2D eigenvalue weighted by Crippen LogP contribution is -1.97. The van der Waals surface area contributed by atoms with Gasteiger partial charge in [-0.25, -0.2) is 0 Å². The van der Waals surface area contributed by atoms with E-state index in [1.54, 1.807) is 6.92 Å². The molecule has 0 saturated heterocycles. The van der Waals surface area contributed by atoms with Gasteiger partial charge < -0.3 is 9.84 Å².